The van der Waals surface area contributed by atoms with E-state index in [9.17, 15) is 18.4 Å². The molecule has 0 spiro atoms. The fourth-order valence-electron chi connectivity index (χ4n) is 5.65. The van der Waals surface area contributed by atoms with Gasteiger partial charge in [-0.05, 0) is 89.5 Å². The van der Waals surface area contributed by atoms with E-state index in [0.29, 0.717) is 39.9 Å². The maximum Gasteiger partial charge on any atom is 0.253 e. The Morgan fingerprint density at radius 2 is 1.77 bits per heavy atom. The minimum atomic E-state index is -2.72. The van der Waals surface area contributed by atoms with Gasteiger partial charge in [-0.15, -0.1) is 0 Å². The largest absolute Gasteiger partial charge is 0.496 e. The van der Waals surface area contributed by atoms with Crippen LogP contribution in [-0.4, -0.2) is 47.7 Å². The zero-order valence-electron chi connectivity index (χ0n) is 25.6. The molecule has 2 N–H and O–H groups in total. The normalized spacial score (nSPS) is 14.5. The Morgan fingerprint density at radius 1 is 1.00 bits per heavy atom. The molecule has 1 amide bonds. The topological polar surface area (TPSA) is 98.7 Å². The number of amides is 1. The van der Waals surface area contributed by atoms with Crippen LogP contribution in [0.1, 0.15) is 40.9 Å². The highest BCUT2D eigenvalue weighted by Gasteiger charge is 2.35. The number of likely N-dealkylation sites (tertiary alicyclic amines) is 1. The lowest BCUT2D eigenvalue weighted by atomic mass is 9.95. The molecule has 6 rings (SSSR count). The second-order valence-electron chi connectivity index (χ2n) is 11.5. The van der Waals surface area contributed by atoms with E-state index in [0.717, 1.165) is 33.2 Å². The second kappa shape index (κ2) is 13.4. The number of benzene rings is 3. The number of carbonyl (C=O) groups is 2. The van der Waals surface area contributed by atoms with Crippen LogP contribution in [0.25, 0.3) is 39.3 Å². The quantitative estimate of drug-likeness (QED) is 0.160. The molecule has 10 heteroatoms. The number of halogens is 3. The number of carbonyl (C=O) groups excluding carboxylic acids is 2. The van der Waals surface area contributed by atoms with Crippen molar-refractivity contribution in [3.8, 4) is 28.0 Å². The lowest BCUT2D eigenvalue weighted by Gasteiger charge is -2.31. The van der Waals surface area contributed by atoms with Crippen LogP contribution in [0, 0.1) is 0 Å². The number of pyridine rings is 1. The molecule has 0 aliphatic carbocycles. The fourth-order valence-corrected chi connectivity index (χ4v) is 5.82. The van der Waals surface area contributed by atoms with Crippen molar-refractivity contribution in [1.82, 2.24) is 9.88 Å². The van der Waals surface area contributed by atoms with Gasteiger partial charge in [-0.25, -0.2) is 13.8 Å². The summed E-state index contributed by atoms with van der Waals surface area (Å²) < 4.78 is 39.2. The predicted molar refractivity (Wildman–Crippen MR) is 180 cm³/mol. The number of methoxy groups -OCH3 is 1. The lowest BCUT2D eigenvalue weighted by molar-refractivity contribution is -0.114. The number of ether oxygens (including phenoxy) is 1. The Kier molecular flexibility index (Phi) is 9.09. The van der Waals surface area contributed by atoms with Crippen molar-refractivity contribution in [2.45, 2.75) is 31.6 Å². The number of nitrogens with zero attached hydrogens (tertiary/aromatic N) is 2. The Balaban J connectivity index is 1.29. The number of nitrogen functional groups attached to an aromatic ring is 1. The molecule has 1 fully saturated rings. The van der Waals surface area contributed by atoms with Crippen LogP contribution in [-0.2, 0) is 11.2 Å². The van der Waals surface area contributed by atoms with Gasteiger partial charge in [0.1, 0.15) is 22.9 Å². The highest BCUT2D eigenvalue weighted by molar-refractivity contribution is 6.31. The molecule has 47 heavy (non-hydrogen) atoms. The summed E-state index contributed by atoms with van der Waals surface area (Å²) in [5.41, 5.74) is 10.6. The van der Waals surface area contributed by atoms with E-state index in [1.165, 1.54) is 11.0 Å². The molecule has 5 aromatic rings. The predicted octanol–water partition coefficient (Wildman–Crippen LogP) is 8.49. The van der Waals surface area contributed by atoms with Crippen molar-refractivity contribution in [2.24, 2.45) is 0 Å². The van der Waals surface area contributed by atoms with Gasteiger partial charge < -0.3 is 19.8 Å². The molecule has 0 unspecified atom stereocenters. The summed E-state index contributed by atoms with van der Waals surface area (Å²) in [6.07, 6.45) is 4.80. The number of aryl methyl sites for hydroxylation is 1. The van der Waals surface area contributed by atoms with E-state index in [1.807, 2.05) is 36.4 Å². The van der Waals surface area contributed by atoms with Crippen molar-refractivity contribution in [2.75, 3.05) is 25.9 Å². The summed E-state index contributed by atoms with van der Waals surface area (Å²) in [5.74, 6) is -1.39. The first-order valence-electron chi connectivity index (χ1n) is 15.2. The smallest absolute Gasteiger partial charge is 0.253 e. The third-order valence-electron chi connectivity index (χ3n) is 8.26. The van der Waals surface area contributed by atoms with Gasteiger partial charge >= 0.3 is 0 Å². The zero-order valence-corrected chi connectivity index (χ0v) is 26.4. The minimum Gasteiger partial charge on any atom is -0.496 e. The second-order valence-corrected chi connectivity index (χ2v) is 12.0. The third kappa shape index (κ3) is 7.36. The van der Waals surface area contributed by atoms with Crippen LogP contribution < -0.4 is 10.5 Å². The average Bonchev–Trinajstić information content (AvgIpc) is 3.49. The first-order valence-corrected chi connectivity index (χ1v) is 15.6. The zero-order chi connectivity index (χ0) is 33.1. The highest BCUT2D eigenvalue weighted by atomic mass is 35.5. The van der Waals surface area contributed by atoms with Gasteiger partial charge in [0, 0.05) is 72.1 Å². The summed E-state index contributed by atoms with van der Waals surface area (Å²) >= 11 is 6.41. The van der Waals surface area contributed by atoms with Crippen LogP contribution in [0.4, 0.5) is 14.6 Å². The number of ketones is 1. The van der Waals surface area contributed by atoms with E-state index in [4.69, 9.17) is 26.5 Å². The number of nitrogens with two attached hydrogens (primary N) is 1. The van der Waals surface area contributed by atoms with Crippen molar-refractivity contribution >= 4 is 46.2 Å². The molecule has 0 saturated carbocycles. The number of anilines is 1. The molecule has 240 valence electrons. The minimum absolute atomic E-state index is 0.0276. The fraction of sp³-hybridized carbons (Fsp3) is 0.216. The van der Waals surface area contributed by atoms with Crippen LogP contribution in [0.15, 0.2) is 89.5 Å². The molecule has 0 bridgehead atoms. The van der Waals surface area contributed by atoms with Crippen LogP contribution in [0.5, 0.6) is 5.75 Å². The van der Waals surface area contributed by atoms with Gasteiger partial charge in [0.05, 0.1) is 7.11 Å². The van der Waals surface area contributed by atoms with Crippen LogP contribution in [0.3, 0.4) is 0 Å². The number of allylic oxidation sites excluding steroid dienone is 1. The van der Waals surface area contributed by atoms with E-state index < -0.39 is 5.92 Å². The van der Waals surface area contributed by atoms with E-state index in [1.54, 1.807) is 55.8 Å². The summed E-state index contributed by atoms with van der Waals surface area (Å²) in [4.78, 5) is 31.2. The molecule has 0 radical (unpaired) electrons. The SMILES string of the molecule is COc1ccc(Cl)cc1-c1cc(-c2ccc(C(=O)N3CCC(F)(F)CC3)cc2)cc2cc(CCC(=O)/C=C/c3ccc(N)nc3)oc12. The van der Waals surface area contributed by atoms with E-state index in [2.05, 4.69) is 4.98 Å². The number of fused-ring (bicyclic) bond motifs is 1. The molecule has 0 atom stereocenters. The number of hydrogen-bond donors (Lipinski definition) is 1. The highest BCUT2D eigenvalue weighted by Crippen LogP contribution is 2.41. The first kappa shape index (κ1) is 31.9. The van der Waals surface area contributed by atoms with E-state index >= 15 is 0 Å². The first-order chi connectivity index (χ1) is 22.6. The molecular formula is C37H32ClF2N3O4. The van der Waals surface area contributed by atoms with Crippen LogP contribution in [0.2, 0.25) is 5.02 Å². The summed E-state index contributed by atoms with van der Waals surface area (Å²) in [6, 6.07) is 21.8. The van der Waals surface area contributed by atoms with Crippen molar-refractivity contribution in [1.29, 1.82) is 0 Å². The maximum absolute atomic E-state index is 13.6. The molecular weight excluding hydrogens is 624 g/mol. The average molecular weight is 656 g/mol. The number of aromatic nitrogens is 1. The van der Waals surface area contributed by atoms with Gasteiger partial charge in [-0.2, -0.15) is 0 Å². The summed E-state index contributed by atoms with van der Waals surface area (Å²) in [6.45, 7) is 0.0553. The van der Waals surface area contributed by atoms with Crippen molar-refractivity contribution in [3.63, 3.8) is 0 Å². The molecule has 1 aliphatic heterocycles. The summed E-state index contributed by atoms with van der Waals surface area (Å²) in [7, 11) is 1.58. The van der Waals surface area contributed by atoms with Gasteiger partial charge in [-0.3, -0.25) is 9.59 Å². The molecule has 2 aromatic heterocycles. The number of alkyl halides is 2. The monoisotopic (exact) mass is 655 g/mol. The third-order valence-corrected chi connectivity index (χ3v) is 8.49. The van der Waals surface area contributed by atoms with Crippen molar-refractivity contribution in [3.05, 3.63) is 107 Å². The Hall–Kier alpha value is -5.02. The molecule has 1 aliphatic rings. The maximum atomic E-state index is 13.6. The number of piperidine rings is 1. The number of rotatable bonds is 9. The van der Waals surface area contributed by atoms with E-state index in [-0.39, 0.29) is 44.0 Å². The molecule has 1 saturated heterocycles. The van der Waals surface area contributed by atoms with Gasteiger partial charge in [0.2, 0.25) is 0 Å². The Labute approximate surface area is 275 Å². The molecule has 3 heterocycles. The molecule has 3 aromatic carbocycles. The van der Waals surface area contributed by atoms with Gasteiger partial charge in [-0.1, -0.05) is 23.7 Å². The van der Waals surface area contributed by atoms with Crippen LogP contribution >= 0.6 is 11.6 Å². The van der Waals surface area contributed by atoms with Gasteiger partial charge in [0.15, 0.2) is 5.78 Å². The Bertz CT molecular complexity index is 1960. The lowest BCUT2D eigenvalue weighted by Crippen LogP contribution is -2.42. The Morgan fingerprint density at radius 3 is 2.47 bits per heavy atom. The molecule has 7 nitrogen and oxygen atoms in total. The van der Waals surface area contributed by atoms with Crippen molar-refractivity contribution < 1.29 is 27.5 Å². The number of hydrogen-bond acceptors (Lipinski definition) is 6. The van der Waals surface area contributed by atoms with Gasteiger partial charge in [0.25, 0.3) is 11.8 Å². The standard InChI is InChI=1S/C37H32ClF2N3O4/c1-46-33-12-8-28(38)21-31(33)32-20-26(24-4-6-25(7-5-24)36(45)43-16-14-37(39,40)15-17-43)18-27-19-30(47-35(27)32)11-10-29(44)9-2-23-3-13-34(41)42-22-23/h2-9,12-13,18-22H,10-11,14-17H2,1H3,(H2,41,42)/b9-2+. The summed E-state index contributed by atoms with van der Waals surface area (Å²) in [5, 5.41) is 1.35. The number of furan rings is 1.